The average molecular weight is 220 g/mol. The molecule has 1 atom stereocenters. The van der Waals surface area contributed by atoms with Crippen molar-refractivity contribution in [2.45, 2.75) is 32.2 Å². The van der Waals surface area contributed by atoms with E-state index in [2.05, 4.69) is 17.6 Å². The number of hydrogen-bond acceptors (Lipinski definition) is 3. The zero-order chi connectivity index (χ0) is 11.4. The Balaban J connectivity index is 2.13. The second-order valence-corrected chi connectivity index (χ2v) is 4.34. The average Bonchev–Trinajstić information content (AvgIpc) is 2.24. The lowest BCUT2D eigenvalue weighted by Crippen LogP contribution is -2.36. The van der Waals surface area contributed by atoms with E-state index in [0.717, 1.165) is 5.75 Å². The molecule has 1 aliphatic carbocycles. The highest BCUT2D eigenvalue weighted by Crippen LogP contribution is 2.37. The summed E-state index contributed by atoms with van der Waals surface area (Å²) in [7, 11) is 0. The molecule has 2 rings (SSSR count). The molecular weight excluding hydrogens is 200 g/mol. The molecule has 0 amide bonds. The summed E-state index contributed by atoms with van der Waals surface area (Å²) in [5.74, 6) is 7.26. The lowest BCUT2D eigenvalue weighted by Gasteiger charge is -2.33. The Kier molecular flexibility index (Phi) is 3.80. The van der Waals surface area contributed by atoms with Crippen LogP contribution in [-0.2, 0) is 0 Å². The molecule has 1 unspecified atom stereocenters. The van der Waals surface area contributed by atoms with Crippen LogP contribution in [0.4, 0.5) is 0 Å². The first kappa shape index (κ1) is 11.4. The van der Waals surface area contributed by atoms with E-state index in [9.17, 15) is 0 Å². The molecule has 1 aromatic carbocycles. The summed E-state index contributed by atoms with van der Waals surface area (Å²) in [6.07, 6.45) is 3.87. The van der Waals surface area contributed by atoms with E-state index in [4.69, 9.17) is 10.6 Å². The summed E-state index contributed by atoms with van der Waals surface area (Å²) in [4.78, 5) is 0. The van der Waals surface area contributed by atoms with Crippen LogP contribution in [0.3, 0.4) is 0 Å². The van der Waals surface area contributed by atoms with E-state index >= 15 is 0 Å². The van der Waals surface area contributed by atoms with E-state index < -0.39 is 0 Å². The summed E-state index contributed by atoms with van der Waals surface area (Å²) in [5, 5.41) is 0. The fraction of sp³-hybridized carbons (Fsp3) is 0.538. The molecule has 0 saturated heterocycles. The number of benzene rings is 1. The van der Waals surface area contributed by atoms with Gasteiger partial charge in [0, 0.05) is 6.04 Å². The standard InChI is InChI=1S/C13H20N2O/c1-2-16-12-8-4-7-11(9-12)13(15-14)10-5-3-6-10/h4,7-10,13,15H,2-3,5-6,14H2,1H3. The van der Waals surface area contributed by atoms with Crippen molar-refractivity contribution < 1.29 is 4.74 Å². The molecule has 1 saturated carbocycles. The highest BCUT2D eigenvalue weighted by molar-refractivity contribution is 5.31. The van der Waals surface area contributed by atoms with Gasteiger partial charge in [-0.3, -0.25) is 11.3 Å². The van der Waals surface area contributed by atoms with Crippen LogP contribution in [0.5, 0.6) is 5.75 Å². The first-order chi connectivity index (χ1) is 7.85. The summed E-state index contributed by atoms with van der Waals surface area (Å²) in [6.45, 7) is 2.70. The maximum atomic E-state index is 5.65. The number of hydrazine groups is 1. The van der Waals surface area contributed by atoms with Gasteiger partial charge in [0.2, 0.25) is 0 Å². The van der Waals surface area contributed by atoms with Gasteiger partial charge < -0.3 is 4.74 Å². The van der Waals surface area contributed by atoms with Crippen molar-refractivity contribution in [1.82, 2.24) is 5.43 Å². The zero-order valence-electron chi connectivity index (χ0n) is 9.78. The molecular formula is C13H20N2O. The summed E-state index contributed by atoms with van der Waals surface area (Å²) < 4.78 is 5.50. The Morgan fingerprint density at radius 2 is 2.31 bits per heavy atom. The zero-order valence-corrected chi connectivity index (χ0v) is 9.78. The van der Waals surface area contributed by atoms with Crippen LogP contribution in [0.1, 0.15) is 37.8 Å². The lowest BCUT2D eigenvalue weighted by molar-refractivity contribution is 0.231. The summed E-state index contributed by atoms with van der Waals surface area (Å²) >= 11 is 0. The molecule has 3 N–H and O–H groups in total. The molecule has 0 bridgehead atoms. The van der Waals surface area contributed by atoms with Crippen molar-refractivity contribution in [3.8, 4) is 5.75 Å². The molecule has 88 valence electrons. The summed E-state index contributed by atoms with van der Waals surface area (Å²) in [6, 6.07) is 8.50. The molecule has 0 heterocycles. The SMILES string of the molecule is CCOc1cccc(C(NN)C2CCC2)c1. The van der Waals surface area contributed by atoms with Crippen molar-refractivity contribution in [2.24, 2.45) is 11.8 Å². The van der Waals surface area contributed by atoms with Gasteiger partial charge in [-0.15, -0.1) is 0 Å². The van der Waals surface area contributed by atoms with Gasteiger partial charge in [0.05, 0.1) is 6.61 Å². The molecule has 0 spiro atoms. The fourth-order valence-electron chi connectivity index (χ4n) is 2.24. The second kappa shape index (κ2) is 5.32. The van der Waals surface area contributed by atoms with Gasteiger partial charge in [0.15, 0.2) is 0 Å². The van der Waals surface area contributed by atoms with E-state index in [0.29, 0.717) is 12.5 Å². The molecule has 0 radical (unpaired) electrons. The van der Waals surface area contributed by atoms with Gasteiger partial charge in [0.1, 0.15) is 5.75 Å². The molecule has 1 fully saturated rings. The smallest absolute Gasteiger partial charge is 0.119 e. The van der Waals surface area contributed by atoms with Gasteiger partial charge in [-0.1, -0.05) is 18.6 Å². The van der Waals surface area contributed by atoms with Crippen molar-refractivity contribution in [2.75, 3.05) is 6.61 Å². The van der Waals surface area contributed by atoms with Gasteiger partial charge in [-0.25, -0.2) is 0 Å². The largest absolute Gasteiger partial charge is 0.494 e. The van der Waals surface area contributed by atoms with E-state index in [-0.39, 0.29) is 6.04 Å². The van der Waals surface area contributed by atoms with Crippen LogP contribution < -0.4 is 16.0 Å². The molecule has 0 aliphatic heterocycles. The minimum absolute atomic E-state index is 0.272. The van der Waals surface area contributed by atoms with Gasteiger partial charge in [-0.2, -0.15) is 0 Å². The number of nitrogens with one attached hydrogen (secondary N) is 1. The molecule has 1 aliphatic rings. The molecule has 1 aromatic rings. The van der Waals surface area contributed by atoms with Crippen LogP contribution in [0.15, 0.2) is 24.3 Å². The van der Waals surface area contributed by atoms with Crippen LogP contribution in [0, 0.1) is 5.92 Å². The minimum atomic E-state index is 0.272. The van der Waals surface area contributed by atoms with E-state index in [1.807, 2.05) is 19.1 Å². The topological polar surface area (TPSA) is 47.3 Å². The third kappa shape index (κ3) is 2.36. The molecule has 3 heteroatoms. The molecule has 0 aromatic heterocycles. The Bertz CT molecular complexity index is 336. The van der Waals surface area contributed by atoms with Crippen molar-refractivity contribution >= 4 is 0 Å². The Hall–Kier alpha value is -1.06. The number of ether oxygens (including phenoxy) is 1. The van der Waals surface area contributed by atoms with E-state index in [1.54, 1.807) is 0 Å². The van der Waals surface area contributed by atoms with Gasteiger partial charge in [-0.05, 0) is 43.4 Å². The number of hydrogen-bond donors (Lipinski definition) is 2. The van der Waals surface area contributed by atoms with Crippen LogP contribution in [0.2, 0.25) is 0 Å². The predicted octanol–water partition coefficient (Wildman–Crippen LogP) is 2.39. The highest BCUT2D eigenvalue weighted by atomic mass is 16.5. The maximum absolute atomic E-state index is 5.65. The Morgan fingerprint density at radius 3 is 2.88 bits per heavy atom. The molecule has 16 heavy (non-hydrogen) atoms. The second-order valence-electron chi connectivity index (χ2n) is 4.34. The van der Waals surface area contributed by atoms with Crippen molar-refractivity contribution in [3.63, 3.8) is 0 Å². The molecule has 3 nitrogen and oxygen atoms in total. The monoisotopic (exact) mass is 220 g/mol. The normalized spacial score (nSPS) is 17.9. The number of nitrogens with two attached hydrogens (primary N) is 1. The summed E-state index contributed by atoms with van der Waals surface area (Å²) in [5.41, 5.74) is 4.17. The minimum Gasteiger partial charge on any atom is -0.494 e. The van der Waals surface area contributed by atoms with Crippen LogP contribution in [-0.4, -0.2) is 6.61 Å². The highest BCUT2D eigenvalue weighted by Gasteiger charge is 2.27. The first-order valence-corrected chi connectivity index (χ1v) is 6.04. The Labute approximate surface area is 97.0 Å². The van der Waals surface area contributed by atoms with Crippen molar-refractivity contribution in [3.05, 3.63) is 29.8 Å². The third-order valence-electron chi connectivity index (χ3n) is 3.33. The van der Waals surface area contributed by atoms with Crippen molar-refractivity contribution in [1.29, 1.82) is 0 Å². The van der Waals surface area contributed by atoms with E-state index in [1.165, 1.54) is 24.8 Å². The van der Waals surface area contributed by atoms with Crippen LogP contribution in [0.25, 0.3) is 0 Å². The number of rotatable bonds is 5. The predicted molar refractivity (Wildman–Crippen MR) is 65.0 cm³/mol. The third-order valence-corrected chi connectivity index (χ3v) is 3.33. The quantitative estimate of drug-likeness (QED) is 0.591. The Morgan fingerprint density at radius 1 is 1.50 bits per heavy atom. The first-order valence-electron chi connectivity index (χ1n) is 6.04. The van der Waals surface area contributed by atoms with Gasteiger partial charge in [0.25, 0.3) is 0 Å². The van der Waals surface area contributed by atoms with Gasteiger partial charge >= 0.3 is 0 Å². The van der Waals surface area contributed by atoms with Crippen LogP contribution >= 0.6 is 0 Å². The maximum Gasteiger partial charge on any atom is 0.119 e. The lowest BCUT2D eigenvalue weighted by atomic mass is 9.77. The fourth-order valence-corrected chi connectivity index (χ4v) is 2.24.